The second-order valence-electron chi connectivity index (χ2n) is 5.24. The van der Waals surface area contributed by atoms with Crippen molar-refractivity contribution in [3.63, 3.8) is 0 Å². The van der Waals surface area contributed by atoms with Gasteiger partial charge in [-0.3, -0.25) is 0 Å². The first-order valence-corrected chi connectivity index (χ1v) is 7.16. The van der Waals surface area contributed by atoms with Crippen LogP contribution in [0.1, 0.15) is 45.4 Å². The molecule has 2 rings (SSSR count). The molecule has 0 amide bonds. The third kappa shape index (κ3) is 4.06. The highest BCUT2D eigenvalue weighted by atomic mass is 16.5. The van der Waals surface area contributed by atoms with E-state index in [2.05, 4.69) is 22.2 Å². The van der Waals surface area contributed by atoms with Gasteiger partial charge < -0.3 is 15.8 Å². The van der Waals surface area contributed by atoms with Crippen LogP contribution in [0.3, 0.4) is 0 Å². The summed E-state index contributed by atoms with van der Waals surface area (Å²) in [6, 6.07) is 2.29. The van der Waals surface area contributed by atoms with E-state index in [1.807, 2.05) is 6.92 Å². The summed E-state index contributed by atoms with van der Waals surface area (Å²) in [5, 5.41) is 3.50. The molecule has 1 heterocycles. The maximum absolute atomic E-state index is 5.82. The molecule has 1 aliphatic rings. The fourth-order valence-electron chi connectivity index (χ4n) is 2.57. The Labute approximate surface area is 115 Å². The Hall–Kier alpha value is -1.36. The fraction of sp³-hybridized carbons (Fsp3) is 0.714. The van der Waals surface area contributed by atoms with Crippen LogP contribution in [0.25, 0.3) is 0 Å². The van der Waals surface area contributed by atoms with E-state index in [1.54, 1.807) is 6.07 Å². The first-order chi connectivity index (χ1) is 9.19. The molecule has 0 aliphatic heterocycles. The predicted octanol–water partition coefficient (Wildman–Crippen LogP) is 2.59. The van der Waals surface area contributed by atoms with Crippen LogP contribution >= 0.6 is 0 Å². The number of rotatable bonds is 5. The third-order valence-corrected chi connectivity index (χ3v) is 3.67. The summed E-state index contributed by atoms with van der Waals surface area (Å²) < 4.78 is 5.33. The maximum atomic E-state index is 5.82. The Kier molecular flexibility index (Phi) is 4.96. The molecule has 0 spiro atoms. The van der Waals surface area contributed by atoms with Crippen molar-refractivity contribution in [2.75, 3.05) is 17.7 Å². The molecule has 19 heavy (non-hydrogen) atoms. The van der Waals surface area contributed by atoms with Gasteiger partial charge in [0.25, 0.3) is 0 Å². The largest absolute Gasteiger partial charge is 0.384 e. The molecule has 5 heteroatoms. The summed E-state index contributed by atoms with van der Waals surface area (Å²) in [6.45, 7) is 5.31. The Morgan fingerprint density at radius 3 is 2.89 bits per heavy atom. The fourth-order valence-corrected chi connectivity index (χ4v) is 2.57. The molecule has 0 radical (unpaired) electrons. The Bertz CT molecular complexity index is 410. The van der Waals surface area contributed by atoms with Gasteiger partial charge in [0.15, 0.2) is 5.82 Å². The molecular formula is C14H24N4O. The molecule has 1 saturated carbocycles. The number of ether oxygens (including phenoxy) is 1. The lowest BCUT2D eigenvalue weighted by molar-refractivity contribution is 0.128. The molecule has 1 aromatic rings. The SMILES string of the molecule is CCOCc1nc(N)cc(NC2CCCCC2C)n1. The second-order valence-corrected chi connectivity index (χ2v) is 5.24. The summed E-state index contributed by atoms with van der Waals surface area (Å²) in [5.74, 6) is 2.64. The minimum atomic E-state index is 0.413. The summed E-state index contributed by atoms with van der Waals surface area (Å²) in [7, 11) is 0. The monoisotopic (exact) mass is 264 g/mol. The third-order valence-electron chi connectivity index (χ3n) is 3.67. The number of nitrogens with one attached hydrogen (secondary N) is 1. The van der Waals surface area contributed by atoms with E-state index >= 15 is 0 Å². The standard InChI is InChI=1S/C14H24N4O/c1-3-19-9-14-17-12(15)8-13(18-14)16-11-7-5-4-6-10(11)2/h8,10-11H,3-7,9H2,1-2H3,(H3,15,16,17,18). The van der Waals surface area contributed by atoms with Gasteiger partial charge in [-0.05, 0) is 25.7 Å². The normalized spacial score (nSPS) is 23.3. The molecule has 1 fully saturated rings. The summed E-state index contributed by atoms with van der Waals surface area (Å²) in [6.07, 6.45) is 5.10. The number of aromatic nitrogens is 2. The van der Waals surface area contributed by atoms with Crippen LogP contribution in [-0.2, 0) is 11.3 Å². The molecule has 5 nitrogen and oxygen atoms in total. The van der Waals surface area contributed by atoms with Crippen LogP contribution < -0.4 is 11.1 Å². The zero-order valence-corrected chi connectivity index (χ0v) is 11.9. The molecule has 0 aromatic carbocycles. The van der Waals surface area contributed by atoms with Crippen molar-refractivity contribution >= 4 is 11.6 Å². The Balaban J connectivity index is 2.04. The van der Waals surface area contributed by atoms with E-state index in [0.29, 0.717) is 36.8 Å². The van der Waals surface area contributed by atoms with E-state index < -0.39 is 0 Å². The lowest BCUT2D eigenvalue weighted by atomic mass is 9.86. The van der Waals surface area contributed by atoms with Gasteiger partial charge in [-0.15, -0.1) is 0 Å². The molecule has 1 aliphatic carbocycles. The second kappa shape index (κ2) is 6.70. The molecule has 2 unspecified atom stereocenters. The zero-order chi connectivity index (χ0) is 13.7. The quantitative estimate of drug-likeness (QED) is 0.855. The predicted molar refractivity (Wildman–Crippen MR) is 76.8 cm³/mol. The first kappa shape index (κ1) is 14.1. The van der Waals surface area contributed by atoms with Crippen LogP contribution in [-0.4, -0.2) is 22.6 Å². The number of nitrogens with two attached hydrogens (primary N) is 1. The first-order valence-electron chi connectivity index (χ1n) is 7.16. The number of hydrogen-bond acceptors (Lipinski definition) is 5. The van der Waals surface area contributed by atoms with E-state index in [0.717, 1.165) is 5.82 Å². The molecular weight excluding hydrogens is 240 g/mol. The highest BCUT2D eigenvalue weighted by molar-refractivity contribution is 5.45. The van der Waals surface area contributed by atoms with Crippen molar-refractivity contribution in [3.8, 4) is 0 Å². The summed E-state index contributed by atoms with van der Waals surface area (Å²) in [5.41, 5.74) is 5.82. The van der Waals surface area contributed by atoms with E-state index in [9.17, 15) is 0 Å². The van der Waals surface area contributed by atoms with Gasteiger partial charge in [0.05, 0.1) is 0 Å². The number of nitrogen functional groups attached to an aromatic ring is 1. The van der Waals surface area contributed by atoms with Gasteiger partial charge >= 0.3 is 0 Å². The summed E-state index contributed by atoms with van der Waals surface area (Å²) >= 11 is 0. The highest BCUT2D eigenvalue weighted by Crippen LogP contribution is 2.26. The van der Waals surface area contributed by atoms with Crippen LogP contribution in [0.15, 0.2) is 6.07 Å². The smallest absolute Gasteiger partial charge is 0.158 e. The van der Waals surface area contributed by atoms with Crippen LogP contribution in [0.5, 0.6) is 0 Å². The van der Waals surface area contributed by atoms with Gasteiger partial charge in [-0.25, -0.2) is 9.97 Å². The Morgan fingerprint density at radius 2 is 2.16 bits per heavy atom. The van der Waals surface area contributed by atoms with Crippen LogP contribution in [0.4, 0.5) is 11.6 Å². The van der Waals surface area contributed by atoms with Gasteiger partial charge in [0.2, 0.25) is 0 Å². The van der Waals surface area contributed by atoms with Gasteiger partial charge in [-0.2, -0.15) is 0 Å². The topological polar surface area (TPSA) is 73.1 Å². The van der Waals surface area contributed by atoms with Crippen molar-refractivity contribution in [3.05, 3.63) is 11.9 Å². The van der Waals surface area contributed by atoms with Crippen molar-refractivity contribution in [1.29, 1.82) is 0 Å². The number of hydrogen-bond donors (Lipinski definition) is 2. The van der Waals surface area contributed by atoms with Gasteiger partial charge in [0.1, 0.15) is 18.2 Å². The molecule has 1 aromatic heterocycles. The van der Waals surface area contributed by atoms with Crippen LogP contribution in [0.2, 0.25) is 0 Å². The molecule has 106 valence electrons. The Morgan fingerprint density at radius 1 is 1.37 bits per heavy atom. The minimum absolute atomic E-state index is 0.413. The van der Waals surface area contributed by atoms with Crippen molar-refractivity contribution < 1.29 is 4.74 Å². The minimum Gasteiger partial charge on any atom is -0.384 e. The van der Waals surface area contributed by atoms with E-state index in [4.69, 9.17) is 10.5 Å². The van der Waals surface area contributed by atoms with Crippen LogP contribution in [0, 0.1) is 5.92 Å². The number of nitrogens with zero attached hydrogens (tertiary/aromatic N) is 2. The highest BCUT2D eigenvalue weighted by Gasteiger charge is 2.21. The summed E-state index contributed by atoms with van der Waals surface area (Å²) in [4.78, 5) is 8.66. The lowest BCUT2D eigenvalue weighted by Gasteiger charge is -2.30. The molecule has 2 atom stereocenters. The lowest BCUT2D eigenvalue weighted by Crippen LogP contribution is -2.30. The average molecular weight is 264 g/mol. The van der Waals surface area contributed by atoms with E-state index in [-0.39, 0.29) is 0 Å². The van der Waals surface area contributed by atoms with Crippen molar-refractivity contribution in [2.24, 2.45) is 5.92 Å². The average Bonchev–Trinajstić information content (AvgIpc) is 2.38. The van der Waals surface area contributed by atoms with Gasteiger partial charge in [-0.1, -0.05) is 19.8 Å². The number of anilines is 2. The van der Waals surface area contributed by atoms with E-state index in [1.165, 1.54) is 25.7 Å². The molecule has 3 N–H and O–H groups in total. The van der Waals surface area contributed by atoms with Gasteiger partial charge in [0, 0.05) is 18.7 Å². The van der Waals surface area contributed by atoms with Crippen molar-refractivity contribution in [2.45, 2.75) is 52.2 Å². The maximum Gasteiger partial charge on any atom is 0.158 e. The molecule has 0 bridgehead atoms. The van der Waals surface area contributed by atoms with Crippen molar-refractivity contribution in [1.82, 2.24) is 9.97 Å². The molecule has 0 saturated heterocycles. The zero-order valence-electron chi connectivity index (χ0n) is 11.9.